The number of urea groups is 1. The number of likely N-dealkylation sites (tertiary alicyclic amines) is 1. The number of primary amides is 1. The van der Waals surface area contributed by atoms with Gasteiger partial charge in [0.2, 0.25) is 0 Å². The van der Waals surface area contributed by atoms with Crippen LogP contribution >= 0.6 is 0 Å². The van der Waals surface area contributed by atoms with Crippen LogP contribution in [0.4, 0.5) is 4.79 Å². The number of aliphatic imine (C=N–C) groups is 1. The van der Waals surface area contributed by atoms with Crippen LogP contribution in [0, 0.1) is 0 Å². The second-order valence-corrected chi connectivity index (χ2v) is 7.54. The molecule has 9 heteroatoms. The molecule has 0 atom stereocenters. The summed E-state index contributed by atoms with van der Waals surface area (Å²) in [6.45, 7) is 7.61. The molecule has 3 heterocycles. The molecule has 0 aliphatic carbocycles. The van der Waals surface area contributed by atoms with Crippen molar-refractivity contribution in [3.8, 4) is 0 Å². The van der Waals surface area contributed by atoms with E-state index in [4.69, 9.17) is 19.9 Å². The molecule has 2 aliphatic heterocycles. The van der Waals surface area contributed by atoms with Crippen LogP contribution < -0.4 is 16.4 Å². The van der Waals surface area contributed by atoms with Crippen LogP contribution in [0.5, 0.6) is 0 Å². The summed E-state index contributed by atoms with van der Waals surface area (Å²) in [7, 11) is 0. The maximum atomic E-state index is 11.3. The lowest BCUT2D eigenvalue weighted by Crippen LogP contribution is -2.51. The van der Waals surface area contributed by atoms with E-state index in [2.05, 4.69) is 15.5 Å². The Morgan fingerprint density at radius 2 is 2.03 bits per heavy atom. The van der Waals surface area contributed by atoms with Gasteiger partial charge in [0.25, 0.3) is 0 Å². The fraction of sp³-hybridized carbons (Fsp3) is 0.700. The molecule has 0 spiro atoms. The highest BCUT2D eigenvalue weighted by Crippen LogP contribution is 2.10. The van der Waals surface area contributed by atoms with Crippen molar-refractivity contribution in [1.82, 2.24) is 20.4 Å². The number of nitrogens with one attached hydrogen (secondary N) is 2. The zero-order valence-electron chi connectivity index (χ0n) is 17.1. The molecular formula is C20H34N6O3. The average molecular weight is 407 g/mol. The number of ether oxygens (including phenoxy) is 1. The van der Waals surface area contributed by atoms with Gasteiger partial charge in [-0.1, -0.05) is 0 Å². The molecule has 1 aromatic rings. The highest BCUT2D eigenvalue weighted by atomic mass is 16.5. The lowest BCUT2D eigenvalue weighted by Gasteiger charge is -2.32. The van der Waals surface area contributed by atoms with E-state index in [-0.39, 0.29) is 6.03 Å². The fourth-order valence-corrected chi connectivity index (χ4v) is 3.66. The number of guanidine groups is 1. The second-order valence-electron chi connectivity index (χ2n) is 7.54. The van der Waals surface area contributed by atoms with Crippen molar-refractivity contribution in [2.75, 3.05) is 59.0 Å². The Morgan fingerprint density at radius 1 is 1.24 bits per heavy atom. The molecule has 0 saturated carbocycles. The number of nitrogens with zero attached hydrogens (tertiary/aromatic N) is 3. The SMILES string of the molecule is NC(=O)N1CCC(NC(=NCCCN2CCOCC2)NCCc2ccco2)CC1. The fourth-order valence-electron chi connectivity index (χ4n) is 3.66. The second kappa shape index (κ2) is 11.7. The first kappa shape index (κ1) is 21.4. The summed E-state index contributed by atoms with van der Waals surface area (Å²) in [5.74, 6) is 1.79. The van der Waals surface area contributed by atoms with Gasteiger partial charge >= 0.3 is 6.03 Å². The molecule has 9 nitrogen and oxygen atoms in total. The van der Waals surface area contributed by atoms with Crippen LogP contribution in [0.2, 0.25) is 0 Å². The van der Waals surface area contributed by atoms with Gasteiger partial charge in [-0.25, -0.2) is 4.79 Å². The number of carbonyl (C=O) groups is 1. The lowest BCUT2D eigenvalue weighted by atomic mass is 10.1. The van der Waals surface area contributed by atoms with E-state index in [1.165, 1.54) is 0 Å². The molecule has 3 rings (SSSR count). The summed E-state index contributed by atoms with van der Waals surface area (Å²) in [6, 6.07) is 3.84. The van der Waals surface area contributed by atoms with E-state index in [0.29, 0.717) is 19.1 Å². The van der Waals surface area contributed by atoms with Crippen LogP contribution in [0.3, 0.4) is 0 Å². The smallest absolute Gasteiger partial charge is 0.314 e. The molecular weight excluding hydrogens is 372 g/mol. The molecule has 1 aromatic heterocycles. The van der Waals surface area contributed by atoms with E-state index < -0.39 is 0 Å². The Bertz CT molecular complexity index is 622. The summed E-state index contributed by atoms with van der Waals surface area (Å²) >= 11 is 0. The quantitative estimate of drug-likeness (QED) is 0.332. The van der Waals surface area contributed by atoms with Gasteiger partial charge in [-0.15, -0.1) is 0 Å². The van der Waals surface area contributed by atoms with E-state index in [1.807, 2.05) is 12.1 Å². The Kier molecular flexibility index (Phi) is 8.63. The minimum Gasteiger partial charge on any atom is -0.469 e. The van der Waals surface area contributed by atoms with Crippen molar-refractivity contribution in [3.05, 3.63) is 24.2 Å². The third kappa shape index (κ3) is 7.58. The van der Waals surface area contributed by atoms with Gasteiger partial charge < -0.3 is 30.4 Å². The molecule has 2 amide bonds. The topological polar surface area (TPSA) is 108 Å². The zero-order chi connectivity index (χ0) is 20.3. The largest absolute Gasteiger partial charge is 0.469 e. The van der Waals surface area contributed by atoms with Gasteiger partial charge in [-0.05, 0) is 31.4 Å². The molecule has 162 valence electrons. The Labute approximate surface area is 172 Å². The molecule has 0 aromatic carbocycles. The molecule has 2 aliphatic rings. The summed E-state index contributed by atoms with van der Waals surface area (Å²) in [6.07, 6.45) is 5.26. The van der Waals surface area contributed by atoms with E-state index in [9.17, 15) is 4.79 Å². The molecule has 4 N–H and O–H groups in total. The van der Waals surface area contributed by atoms with Gasteiger partial charge in [0, 0.05) is 58.3 Å². The third-order valence-electron chi connectivity index (χ3n) is 5.40. The first-order chi connectivity index (χ1) is 14.2. The van der Waals surface area contributed by atoms with E-state index >= 15 is 0 Å². The van der Waals surface area contributed by atoms with Gasteiger partial charge in [-0.3, -0.25) is 9.89 Å². The average Bonchev–Trinajstić information content (AvgIpc) is 3.25. The van der Waals surface area contributed by atoms with Crippen molar-refractivity contribution < 1.29 is 13.9 Å². The van der Waals surface area contributed by atoms with E-state index in [1.54, 1.807) is 11.2 Å². The zero-order valence-corrected chi connectivity index (χ0v) is 17.1. The molecule has 0 bridgehead atoms. The first-order valence-corrected chi connectivity index (χ1v) is 10.6. The number of hydrogen-bond acceptors (Lipinski definition) is 5. The van der Waals surface area contributed by atoms with Crippen molar-refractivity contribution in [2.24, 2.45) is 10.7 Å². The Morgan fingerprint density at radius 3 is 2.72 bits per heavy atom. The van der Waals surface area contributed by atoms with Gasteiger partial charge in [0.15, 0.2) is 5.96 Å². The monoisotopic (exact) mass is 406 g/mol. The number of piperidine rings is 1. The number of amides is 2. The van der Waals surface area contributed by atoms with Crippen LogP contribution in [0.25, 0.3) is 0 Å². The van der Waals surface area contributed by atoms with Crippen molar-refractivity contribution in [2.45, 2.75) is 31.7 Å². The highest BCUT2D eigenvalue weighted by Gasteiger charge is 2.21. The summed E-state index contributed by atoms with van der Waals surface area (Å²) in [4.78, 5) is 20.2. The number of carbonyl (C=O) groups excluding carboxylic acids is 1. The van der Waals surface area contributed by atoms with Crippen LogP contribution in [-0.4, -0.2) is 86.9 Å². The van der Waals surface area contributed by atoms with E-state index in [0.717, 1.165) is 83.3 Å². The number of furan rings is 1. The molecule has 29 heavy (non-hydrogen) atoms. The van der Waals surface area contributed by atoms with Gasteiger partial charge in [-0.2, -0.15) is 0 Å². The molecule has 0 radical (unpaired) electrons. The third-order valence-corrected chi connectivity index (χ3v) is 5.40. The van der Waals surface area contributed by atoms with Crippen LogP contribution in [-0.2, 0) is 11.2 Å². The predicted octanol–water partition coefficient (Wildman–Crippen LogP) is 0.623. The first-order valence-electron chi connectivity index (χ1n) is 10.6. The Hall–Kier alpha value is -2.26. The maximum absolute atomic E-state index is 11.3. The van der Waals surface area contributed by atoms with Gasteiger partial charge in [0.1, 0.15) is 5.76 Å². The van der Waals surface area contributed by atoms with Crippen molar-refractivity contribution >= 4 is 12.0 Å². The van der Waals surface area contributed by atoms with Gasteiger partial charge in [0.05, 0.1) is 19.5 Å². The lowest BCUT2D eigenvalue weighted by molar-refractivity contribution is 0.0377. The van der Waals surface area contributed by atoms with Crippen molar-refractivity contribution in [1.29, 1.82) is 0 Å². The standard InChI is InChI=1S/C20H34N6O3/c21-19(27)26-10-5-17(6-11-26)24-20(23-8-4-18-3-1-14-29-18)22-7-2-9-25-12-15-28-16-13-25/h1,3,14,17H,2,4-13,15-16H2,(H2,21,27)(H2,22,23,24). The Balaban J connectivity index is 1.44. The number of morpholine rings is 1. The normalized spacial score (nSPS) is 19.3. The van der Waals surface area contributed by atoms with Crippen LogP contribution in [0.15, 0.2) is 27.8 Å². The minimum absolute atomic E-state index is 0.291. The van der Waals surface area contributed by atoms with Crippen LogP contribution in [0.1, 0.15) is 25.0 Å². The van der Waals surface area contributed by atoms with Crippen molar-refractivity contribution in [3.63, 3.8) is 0 Å². The number of nitrogens with two attached hydrogens (primary N) is 1. The summed E-state index contributed by atoms with van der Waals surface area (Å²) in [5, 5.41) is 6.95. The number of hydrogen-bond donors (Lipinski definition) is 3. The summed E-state index contributed by atoms with van der Waals surface area (Å²) in [5.41, 5.74) is 5.38. The molecule has 2 saturated heterocycles. The molecule has 2 fully saturated rings. The minimum atomic E-state index is -0.336. The highest BCUT2D eigenvalue weighted by molar-refractivity contribution is 5.80. The predicted molar refractivity (Wildman–Crippen MR) is 112 cm³/mol. The number of rotatable bonds is 8. The maximum Gasteiger partial charge on any atom is 0.314 e. The summed E-state index contributed by atoms with van der Waals surface area (Å²) < 4.78 is 10.8. The molecule has 0 unspecified atom stereocenters.